The fraction of sp³-hybridized carbons (Fsp3) is 0.556. The first-order valence-electron chi connectivity index (χ1n) is 7.50. The van der Waals surface area contributed by atoms with Crippen molar-refractivity contribution in [3.63, 3.8) is 0 Å². The molecular formula is C18H24O2. The maximum Gasteiger partial charge on any atom is 0.138 e. The van der Waals surface area contributed by atoms with Gasteiger partial charge in [0.2, 0.25) is 0 Å². The first-order chi connectivity index (χ1) is 9.39. The predicted octanol–water partition coefficient (Wildman–Crippen LogP) is 4.14. The minimum Gasteiger partial charge on any atom is -0.299 e. The lowest BCUT2D eigenvalue weighted by Crippen LogP contribution is -2.26. The summed E-state index contributed by atoms with van der Waals surface area (Å²) in [6.45, 7) is 5.86. The van der Waals surface area contributed by atoms with Gasteiger partial charge in [0.15, 0.2) is 0 Å². The molecule has 1 saturated carbocycles. The number of ketones is 2. The topological polar surface area (TPSA) is 34.1 Å². The van der Waals surface area contributed by atoms with Crippen LogP contribution in [0.4, 0.5) is 0 Å². The SMILES string of the molecule is CC(C)(C)C(=O)CC(c1ccccc1)C1CCCC1=O. The Labute approximate surface area is 121 Å². The maximum absolute atomic E-state index is 12.4. The van der Waals surface area contributed by atoms with E-state index >= 15 is 0 Å². The molecule has 2 rings (SSSR count). The minimum atomic E-state index is -0.339. The third-order valence-corrected chi connectivity index (χ3v) is 4.31. The Kier molecular flexibility index (Phi) is 4.42. The van der Waals surface area contributed by atoms with Crippen molar-refractivity contribution < 1.29 is 9.59 Å². The van der Waals surface area contributed by atoms with Crippen LogP contribution in [0.2, 0.25) is 0 Å². The largest absolute Gasteiger partial charge is 0.299 e. The molecule has 0 aromatic heterocycles. The third kappa shape index (κ3) is 3.36. The van der Waals surface area contributed by atoms with Gasteiger partial charge in [-0.25, -0.2) is 0 Å². The Hall–Kier alpha value is -1.44. The van der Waals surface area contributed by atoms with E-state index in [9.17, 15) is 9.59 Å². The van der Waals surface area contributed by atoms with Gasteiger partial charge in [-0.15, -0.1) is 0 Å². The van der Waals surface area contributed by atoms with E-state index in [1.54, 1.807) is 0 Å². The highest BCUT2D eigenvalue weighted by atomic mass is 16.1. The smallest absolute Gasteiger partial charge is 0.138 e. The van der Waals surface area contributed by atoms with Gasteiger partial charge < -0.3 is 0 Å². The molecule has 2 atom stereocenters. The number of Topliss-reactive ketones (excluding diaryl/α,β-unsaturated/α-hetero) is 2. The van der Waals surface area contributed by atoms with Gasteiger partial charge in [0, 0.05) is 30.1 Å². The highest BCUT2D eigenvalue weighted by Gasteiger charge is 2.36. The molecule has 0 N–H and O–H groups in total. The molecule has 1 aliphatic carbocycles. The lowest BCUT2D eigenvalue weighted by molar-refractivity contribution is -0.127. The molecular weight excluding hydrogens is 248 g/mol. The Balaban J connectivity index is 2.25. The Morgan fingerprint density at radius 2 is 1.90 bits per heavy atom. The molecule has 1 aromatic rings. The van der Waals surface area contributed by atoms with Crippen LogP contribution in [0.25, 0.3) is 0 Å². The molecule has 0 heterocycles. The van der Waals surface area contributed by atoms with Crippen LogP contribution in [-0.4, -0.2) is 11.6 Å². The van der Waals surface area contributed by atoms with Crippen LogP contribution < -0.4 is 0 Å². The number of hydrogen-bond acceptors (Lipinski definition) is 2. The zero-order valence-corrected chi connectivity index (χ0v) is 12.7. The minimum absolute atomic E-state index is 0.0312. The average Bonchev–Trinajstić information content (AvgIpc) is 2.81. The normalized spacial score (nSPS) is 20.9. The summed E-state index contributed by atoms with van der Waals surface area (Å²) < 4.78 is 0. The highest BCUT2D eigenvalue weighted by molar-refractivity contribution is 5.87. The van der Waals surface area contributed by atoms with Crippen molar-refractivity contribution in [3.05, 3.63) is 35.9 Å². The predicted molar refractivity (Wildman–Crippen MR) is 80.6 cm³/mol. The second-order valence-corrected chi connectivity index (χ2v) is 6.86. The standard InChI is InChI=1S/C18H24O2/c1-18(2,3)17(20)12-15(13-8-5-4-6-9-13)14-10-7-11-16(14)19/h4-6,8-9,14-15H,7,10-12H2,1-3H3. The zero-order valence-electron chi connectivity index (χ0n) is 12.7. The van der Waals surface area contributed by atoms with Crippen LogP contribution in [0.3, 0.4) is 0 Å². The fourth-order valence-corrected chi connectivity index (χ4v) is 2.97. The molecule has 0 radical (unpaired) electrons. The molecule has 1 fully saturated rings. The first kappa shape index (κ1) is 15.0. The molecule has 0 saturated heterocycles. The molecule has 1 aromatic carbocycles. The van der Waals surface area contributed by atoms with E-state index < -0.39 is 0 Å². The monoisotopic (exact) mass is 272 g/mol. The summed E-state index contributed by atoms with van der Waals surface area (Å²) in [6.07, 6.45) is 3.05. The molecule has 0 bridgehead atoms. The number of benzene rings is 1. The van der Waals surface area contributed by atoms with Crippen LogP contribution in [0.1, 0.15) is 57.9 Å². The van der Waals surface area contributed by atoms with Crippen LogP contribution in [0, 0.1) is 11.3 Å². The summed E-state index contributed by atoms with van der Waals surface area (Å²) in [5.74, 6) is 0.660. The second-order valence-electron chi connectivity index (χ2n) is 6.86. The Bertz CT molecular complexity index is 482. The summed E-state index contributed by atoms with van der Waals surface area (Å²) in [5.41, 5.74) is 0.791. The van der Waals surface area contributed by atoms with Gasteiger partial charge in [-0.3, -0.25) is 9.59 Å². The van der Waals surface area contributed by atoms with Crippen molar-refractivity contribution in [1.29, 1.82) is 0 Å². The van der Waals surface area contributed by atoms with Crippen molar-refractivity contribution in [2.75, 3.05) is 0 Å². The molecule has 2 nitrogen and oxygen atoms in total. The van der Waals surface area contributed by atoms with Gasteiger partial charge in [0.1, 0.15) is 11.6 Å². The van der Waals surface area contributed by atoms with Gasteiger partial charge >= 0.3 is 0 Å². The number of carbonyl (C=O) groups excluding carboxylic acids is 2. The first-order valence-corrected chi connectivity index (χ1v) is 7.50. The van der Waals surface area contributed by atoms with Gasteiger partial charge in [-0.1, -0.05) is 51.1 Å². The highest BCUT2D eigenvalue weighted by Crippen LogP contribution is 2.38. The van der Waals surface area contributed by atoms with Crippen molar-refractivity contribution in [3.8, 4) is 0 Å². The van der Waals surface area contributed by atoms with Gasteiger partial charge in [-0.05, 0) is 18.4 Å². The van der Waals surface area contributed by atoms with Crippen molar-refractivity contribution >= 4 is 11.6 Å². The van der Waals surface area contributed by atoms with Crippen LogP contribution in [-0.2, 0) is 9.59 Å². The van der Waals surface area contributed by atoms with E-state index in [1.807, 2.05) is 51.1 Å². The number of carbonyl (C=O) groups is 2. The zero-order chi connectivity index (χ0) is 14.8. The van der Waals surface area contributed by atoms with Crippen LogP contribution in [0.15, 0.2) is 30.3 Å². The number of rotatable bonds is 4. The van der Waals surface area contributed by atoms with Crippen molar-refractivity contribution in [1.82, 2.24) is 0 Å². The molecule has 2 unspecified atom stereocenters. The molecule has 0 amide bonds. The van der Waals surface area contributed by atoms with E-state index in [4.69, 9.17) is 0 Å². The van der Waals surface area contributed by atoms with Gasteiger partial charge in [-0.2, -0.15) is 0 Å². The van der Waals surface area contributed by atoms with Gasteiger partial charge in [0.25, 0.3) is 0 Å². The van der Waals surface area contributed by atoms with Crippen LogP contribution in [0.5, 0.6) is 0 Å². The summed E-state index contributed by atoms with van der Waals surface area (Å²) in [4.78, 5) is 24.5. The van der Waals surface area contributed by atoms with E-state index in [0.717, 1.165) is 18.4 Å². The quantitative estimate of drug-likeness (QED) is 0.825. The second kappa shape index (κ2) is 5.90. The van der Waals surface area contributed by atoms with Gasteiger partial charge in [0.05, 0.1) is 0 Å². The molecule has 20 heavy (non-hydrogen) atoms. The van der Waals surface area contributed by atoms with Crippen LogP contribution >= 0.6 is 0 Å². The van der Waals surface area contributed by atoms with Crippen molar-refractivity contribution in [2.45, 2.75) is 52.4 Å². The lowest BCUT2D eigenvalue weighted by Gasteiger charge is -2.26. The molecule has 108 valence electrons. The summed E-state index contributed by atoms with van der Waals surface area (Å²) in [6, 6.07) is 10.0. The third-order valence-electron chi connectivity index (χ3n) is 4.31. The summed E-state index contributed by atoms with van der Waals surface area (Å²) >= 11 is 0. The van der Waals surface area contributed by atoms with E-state index in [0.29, 0.717) is 18.6 Å². The lowest BCUT2D eigenvalue weighted by atomic mass is 9.76. The van der Waals surface area contributed by atoms with E-state index in [-0.39, 0.29) is 23.0 Å². The Morgan fingerprint density at radius 3 is 2.40 bits per heavy atom. The average molecular weight is 272 g/mol. The molecule has 1 aliphatic rings. The maximum atomic E-state index is 12.4. The van der Waals surface area contributed by atoms with Crippen molar-refractivity contribution in [2.24, 2.45) is 11.3 Å². The molecule has 0 spiro atoms. The molecule has 0 aliphatic heterocycles. The molecule has 2 heteroatoms. The summed E-state index contributed by atoms with van der Waals surface area (Å²) in [5, 5.41) is 0. The van der Waals surface area contributed by atoms with E-state index in [1.165, 1.54) is 0 Å². The fourth-order valence-electron chi connectivity index (χ4n) is 2.97. The van der Waals surface area contributed by atoms with E-state index in [2.05, 4.69) is 0 Å². The Morgan fingerprint density at radius 1 is 1.25 bits per heavy atom. The summed E-state index contributed by atoms with van der Waals surface area (Å²) in [7, 11) is 0. The number of hydrogen-bond donors (Lipinski definition) is 0.